The summed E-state index contributed by atoms with van der Waals surface area (Å²) >= 11 is 0. The van der Waals surface area contributed by atoms with E-state index >= 15 is 0 Å². The van der Waals surface area contributed by atoms with Crippen LogP contribution in [-0.2, 0) is 4.79 Å². The first-order valence-corrected chi connectivity index (χ1v) is 11.8. The molecule has 0 saturated carbocycles. The zero-order chi connectivity index (χ0) is 21.0. The second-order valence-corrected chi connectivity index (χ2v) is 8.08. The first-order chi connectivity index (χ1) is 14.2. The zero-order valence-corrected chi connectivity index (χ0v) is 18.5. The first kappa shape index (κ1) is 25.2. The average Bonchev–Trinajstić information content (AvgIpc) is 2.72. The summed E-state index contributed by atoms with van der Waals surface area (Å²) in [6.07, 6.45) is 22.0. The molecule has 0 saturated heterocycles. The Morgan fingerprint density at radius 1 is 0.793 bits per heavy atom. The number of carbonyl (C=O) groups is 1. The predicted molar refractivity (Wildman–Crippen MR) is 123 cm³/mol. The van der Waals surface area contributed by atoms with Gasteiger partial charge in [-0.25, -0.2) is 5.43 Å². The monoisotopic (exact) mass is 402 g/mol. The number of rotatable bonds is 18. The Hall–Kier alpha value is -1.84. The number of aromatic hydroxyl groups is 1. The molecule has 0 radical (unpaired) electrons. The number of phenols is 1. The summed E-state index contributed by atoms with van der Waals surface area (Å²) in [5, 5.41) is 13.2. The summed E-state index contributed by atoms with van der Waals surface area (Å²) in [5.41, 5.74) is 3.41. The Kier molecular flexibility index (Phi) is 15.8. The van der Waals surface area contributed by atoms with E-state index in [1.807, 2.05) is 0 Å². The van der Waals surface area contributed by atoms with E-state index in [9.17, 15) is 9.90 Å². The fraction of sp³-hybridized carbons (Fsp3) is 0.680. The van der Waals surface area contributed by atoms with Gasteiger partial charge in [0.25, 0.3) is 0 Å². The smallest absolute Gasteiger partial charge is 0.240 e. The van der Waals surface area contributed by atoms with Gasteiger partial charge in [-0.2, -0.15) is 5.10 Å². The highest BCUT2D eigenvalue weighted by Crippen LogP contribution is 2.13. The van der Waals surface area contributed by atoms with E-state index in [0.717, 1.165) is 18.4 Å². The van der Waals surface area contributed by atoms with Crippen molar-refractivity contribution in [2.24, 2.45) is 5.10 Å². The van der Waals surface area contributed by atoms with Crippen molar-refractivity contribution in [2.45, 2.75) is 110 Å². The fourth-order valence-electron chi connectivity index (χ4n) is 3.45. The molecule has 0 aliphatic carbocycles. The van der Waals surface area contributed by atoms with Gasteiger partial charge < -0.3 is 5.11 Å². The van der Waals surface area contributed by atoms with Gasteiger partial charge in [0.05, 0.1) is 6.21 Å². The maximum absolute atomic E-state index is 11.8. The molecule has 4 heteroatoms. The van der Waals surface area contributed by atoms with Gasteiger partial charge >= 0.3 is 0 Å². The van der Waals surface area contributed by atoms with Crippen LogP contribution >= 0.6 is 0 Å². The molecule has 0 fully saturated rings. The molecule has 0 aliphatic heterocycles. The molecule has 1 aromatic rings. The number of unbranched alkanes of at least 4 members (excludes halogenated alkanes) is 14. The molecule has 2 N–H and O–H groups in total. The predicted octanol–water partition coefficient (Wildman–Crippen LogP) is 7.10. The summed E-state index contributed by atoms with van der Waals surface area (Å²) in [6.45, 7) is 2.27. The third-order valence-electron chi connectivity index (χ3n) is 5.30. The van der Waals surface area contributed by atoms with Gasteiger partial charge in [-0.15, -0.1) is 0 Å². The van der Waals surface area contributed by atoms with Crippen LogP contribution in [0.25, 0.3) is 0 Å². The Morgan fingerprint density at radius 2 is 1.24 bits per heavy atom. The molecular formula is C25H42N2O2. The van der Waals surface area contributed by atoms with Crippen molar-refractivity contribution in [3.05, 3.63) is 29.8 Å². The standard InChI is InChI=1S/C25H42N2O2/c1-2-3-4-5-6-7-8-9-10-11-12-13-14-15-16-17-25(29)27-26-22-23-18-20-24(28)21-19-23/h18-22,28H,2-17H2,1H3,(H,27,29)/b26-22-. The SMILES string of the molecule is CCCCCCCCCCCCCCCCCC(=O)N/N=C\c1ccc(O)cc1. The molecule has 0 aliphatic rings. The van der Waals surface area contributed by atoms with Crippen LogP contribution < -0.4 is 5.43 Å². The number of hydrogen-bond acceptors (Lipinski definition) is 3. The molecule has 0 bridgehead atoms. The van der Waals surface area contributed by atoms with Crippen LogP contribution in [-0.4, -0.2) is 17.2 Å². The molecule has 29 heavy (non-hydrogen) atoms. The van der Waals surface area contributed by atoms with E-state index in [1.165, 1.54) is 83.5 Å². The molecule has 1 amide bonds. The van der Waals surface area contributed by atoms with Crippen LogP contribution in [0.5, 0.6) is 5.75 Å². The number of amides is 1. The fourth-order valence-corrected chi connectivity index (χ4v) is 3.45. The number of hydrogen-bond donors (Lipinski definition) is 2. The highest BCUT2D eigenvalue weighted by molar-refractivity contribution is 5.82. The van der Waals surface area contributed by atoms with Crippen molar-refractivity contribution in [1.82, 2.24) is 5.43 Å². The van der Waals surface area contributed by atoms with E-state index in [1.54, 1.807) is 30.5 Å². The van der Waals surface area contributed by atoms with Crippen LogP contribution in [0.3, 0.4) is 0 Å². The van der Waals surface area contributed by atoms with Crippen molar-refractivity contribution < 1.29 is 9.90 Å². The van der Waals surface area contributed by atoms with Crippen molar-refractivity contribution in [3.8, 4) is 5.75 Å². The number of nitrogens with zero attached hydrogens (tertiary/aromatic N) is 1. The Labute approximate surface area is 178 Å². The third kappa shape index (κ3) is 15.7. The van der Waals surface area contributed by atoms with Crippen LogP contribution in [0.2, 0.25) is 0 Å². The van der Waals surface area contributed by atoms with Crippen molar-refractivity contribution in [3.63, 3.8) is 0 Å². The lowest BCUT2D eigenvalue weighted by molar-refractivity contribution is -0.121. The molecule has 1 aromatic carbocycles. The van der Waals surface area contributed by atoms with E-state index in [0.29, 0.717) is 6.42 Å². The molecule has 0 heterocycles. The summed E-state index contributed by atoms with van der Waals surface area (Å²) in [4.78, 5) is 11.8. The average molecular weight is 403 g/mol. The van der Waals surface area contributed by atoms with Gasteiger partial charge in [0, 0.05) is 6.42 Å². The van der Waals surface area contributed by atoms with Crippen LogP contribution in [0, 0.1) is 0 Å². The van der Waals surface area contributed by atoms with Gasteiger partial charge in [0.1, 0.15) is 5.75 Å². The Balaban J connectivity index is 1.83. The summed E-state index contributed by atoms with van der Waals surface area (Å²) < 4.78 is 0. The lowest BCUT2D eigenvalue weighted by atomic mass is 10.0. The number of nitrogens with one attached hydrogen (secondary N) is 1. The summed E-state index contributed by atoms with van der Waals surface area (Å²) in [7, 11) is 0. The second-order valence-electron chi connectivity index (χ2n) is 8.08. The molecular weight excluding hydrogens is 360 g/mol. The normalized spacial score (nSPS) is 11.2. The molecule has 0 aromatic heterocycles. The number of benzene rings is 1. The van der Waals surface area contributed by atoms with E-state index < -0.39 is 0 Å². The quantitative estimate of drug-likeness (QED) is 0.156. The number of carbonyl (C=O) groups excluding carboxylic acids is 1. The summed E-state index contributed by atoms with van der Waals surface area (Å²) in [6, 6.07) is 6.69. The lowest BCUT2D eigenvalue weighted by Gasteiger charge is -2.03. The zero-order valence-electron chi connectivity index (χ0n) is 18.5. The molecule has 0 unspecified atom stereocenters. The largest absolute Gasteiger partial charge is 0.508 e. The second kappa shape index (κ2) is 18.2. The highest BCUT2D eigenvalue weighted by atomic mass is 16.3. The van der Waals surface area contributed by atoms with E-state index in [2.05, 4.69) is 17.5 Å². The molecule has 0 spiro atoms. The third-order valence-corrected chi connectivity index (χ3v) is 5.30. The van der Waals surface area contributed by atoms with Gasteiger partial charge in [0.15, 0.2) is 0 Å². The summed E-state index contributed by atoms with van der Waals surface area (Å²) in [5.74, 6) is 0.189. The maximum Gasteiger partial charge on any atom is 0.240 e. The molecule has 4 nitrogen and oxygen atoms in total. The topological polar surface area (TPSA) is 61.7 Å². The molecule has 0 atom stereocenters. The van der Waals surface area contributed by atoms with Crippen molar-refractivity contribution in [1.29, 1.82) is 0 Å². The number of phenolic OH excluding ortho intramolecular Hbond substituents is 1. The van der Waals surface area contributed by atoms with Crippen molar-refractivity contribution >= 4 is 12.1 Å². The minimum absolute atomic E-state index is 0.0327. The van der Waals surface area contributed by atoms with E-state index in [-0.39, 0.29) is 11.7 Å². The Bertz CT molecular complexity index is 540. The van der Waals surface area contributed by atoms with Gasteiger partial charge in [-0.3, -0.25) is 4.79 Å². The number of hydrazone groups is 1. The van der Waals surface area contributed by atoms with Crippen molar-refractivity contribution in [2.75, 3.05) is 0 Å². The first-order valence-electron chi connectivity index (χ1n) is 11.8. The minimum Gasteiger partial charge on any atom is -0.508 e. The van der Waals surface area contributed by atoms with Gasteiger partial charge in [0.2, 0.25) is 5.91 Å². The lowest BCUT2D eigenvalue weighted by Crippen LogP contribution is -2.16. The molecule has 164 valence electrons. The van der Waals surface area contributed by atoms with Gasteiger partial charge in [-0.05, 0) is 36.2 Å². The van der Waals surface area contributed by atoms with Crippen LogP contribution in [0.1, 0.15) is 115 Å². The van der Waals surface area contributed by atoms with Crippen LogP contribution in [0.4, 0.5) is 0 Å². The van der Waals surface area contributed by atoms with Crippen LogP contribution in [0.15, 0.2) is 29.4 Å². The minimum atomic E-state index is -0.0327. The highest BCUT2D eigenvalue weighted by Gasteiger charge is 1.99. The molecule has 1 rings (SSSR count). The van der Waals surface area contributed by atoms with E-state index in [4.69, 9.17) is 0 Å². The maximum atomic E-state index is 11.8. The Morgan fingerprint density at radius 3 is 1.72 bits per heavy atom. The van der Waals surface area contributed by atoms with Gasteiger partial charge in [-0.1, -0.05) is 96.8 Å².